The summed E-state index contributed by atoms with van der Waals surface area (Å²) in [7, 11) is 2.92. The van der Waals surface area contributed by atoms with E-state index in [9.17, 15) is 23.6 Å². The molecule has 0 radical (unpaired) electrons. The number of carbonyl (C=O) groups is 2. The zero-order valence-corrected chi connectivity index (χ0v) is 17.0. The Morgan fingerprint density at radius 2 is 1.97 bits per heavy atom. The molecule has 3 rings (SSSR count). The molecular formula is C20H21F2N7O2. The predicted molar refractivity (Wildman–Crippen MR) is 108 cm³/mol. The number of halogens is 2. The van der Waals surface area contributed by atoms with Gasteiger partial charge in [-0.05, 0) is 18.9 Å². The predicted octanol–water partition coefficient (Wildman–Crippen LogP) is 2.28. The van der Waals surface area contributed by atoms with E-state index in [1.807, 2.05) is 6.07 Å². The van der Waals surface area contributed by atoms with Crippen LogP contribution in [0.3, 0.4) is 0 Å². The van der Waals surface area contributed by atoms with Crippen LogP contribution in [0.4, 0.5) is 20.3 Å². The average molecular weight is 429 g/mol. The molecule has 0 unspecified atom stereocenters. The van der Waals surface area contributed by atoms with Gasteiger partial charge in [-0.15, -0.1) is 0 Å². The minimum absolute atomic E-state index is 0.0314. The maximum atomic E-state index is 13.0. The fraction of sp³-hybridized carbons (Fsp3) is 0.400. The van der Waals surface area contributed by atoms with Gasteiger partial charge < -0.3 is 15.5 Å². The van der Waals surface area contributed by atoms with Crippen molar-refractivity contribution in [3.8, 4) is 17.3 Å². The van der Waals surface area contributed by atoms with E-state index in [1.54, 1.807) is 0 Å². The lowest BCUT2D eigenvalue weighted by atomic mass is 10.1. The van der Waals surface area contributed by atoms with Crippen LogP contribution in [0.5, 0.6) is 0 Å². The molecule has 1 atom stereocenters. The lowest BCUT2D eigenvalue weighted by Gasteiger charge is -2.23. The molecule has 0 bridgehead atoms. The number of hydrogen-bond donors (Lipinski definition) is 2. The summed E-state index contributed by atoms with van der Waals surface area (Å²) in [5.74, 6) is -0.299. The topological polar surface area (TPSA) is 124 Å². The first-order chi connectivity index (χ1) is 14.8. The van der Waals surface area contributed by atoms with Gasteiger partial charge in [-0.1, -0.05) is 0 Å². The Bertz CT molecular complexity index is 1000. The molecule has 0 spiro atoms. The molecule has 0 saturated heterocycles. The fourth-order valence-electron chi connectivity index (χ4n) is 2.82. The molecule has 2 heterocycles. The quantitative estimate of drug-likeness (QED) is 0.660. The number of likely N-dealkylation sites (N-methyl/N-ethyl adjacent to an activating group) is 1. The van der Waals surface area contributed by atoms with Gasteiger partial charge in [-0.3, -0.25) is 14.6 Å². The van der Waals surface area contributed by atoms with E-state index in [0.29, 0.717) is 17.1 Å². The molecule has 2 N–H and O–H groups in total. The highest BCUT2D eigenvalue weighted by atomic mass is 19.3. The molecule has 2 amide bonds. The molecule has 31 heavy (non-hydrogen) atoms. The van der Waals surface area contributed by atoms with Crippen LogP contribution in [0, 0.1) is 17.2 Å². The maximum absolute atomic E-state index is 13.0. The van der Waals surface area contributed by atoms with E-state index in [0.717, 1.165) is 12.8 Å². The van der Waals surface area contributed by atoms with Gasteiger partial charge in [0.1, 0.15) is 12.1 Å². The number of rotatable bonds is 8. The van der Waals surface area contributed by atoms with Gasteiger partial charge in [0.25, 0.3) is 0 Å². The number of hydrogen-bond acceptors (Lipinski definition) is 7. The molecule has 1 saturated carbocycles. The summed E-state index contributed by atoms with van der Waals surface area (Å²) in [6, 6.07) is 2.15. The van der Waals surface area contributed by atoms with Crippen molar-refractivity contribution in [2.24, 2.45) is 5.92 Å². The summed E-state index contributed by atoms with van der Waals surface area (Å²) in [5.41, 5.74) is 0.945. The van der Waals surface area contributed by atoms with Crippen molar-refractivity contribution in [2.45, 2.75) is 31.7 Å². The zero-order valence-electron chi connectivity index (χ0n) is 17.0. The SMILES string of the molecule is CN(C)C(=O)[C@@H](CC(F)F)Nc1cc(-c2cnc(NC(=O)C3CC3)cn2)cnc1C#N. The first-order valence-corrected chi connectivity index (χ1v) is 9.57. The van der Waals surface area contributed by atoms with E-state index in [2.05, 4.69) is 25.6 Å². The number of amides is 2. The number of pyridine rings is 1. The molecule has 0 aliphatic heterocycles. The number of anilines is 2. The first-order valence-electron chi connectivity index (χ1n) is 9.57. The number of carbonyl (C=O) groups excluding carboxylic acids is 2. The number of nitrogens with zero attached hydrogens (tertiary/aromatic N) is 5. The van der Waals surface area contributed by atoms with Gasteiger partial charge in [-0.2, -0.15) is 5.26 Å². The van der Waals surface area contributed by atoms with E-state index >= 15 is 0 Å². The van der Waals surface area contributed by atoms with E-state index < -0.39 is 24.8 Å². The van der Waals surface area contributed by atoms with Gasteiger partial charge in [0.05, 0.1) is 23.8 Å². The molecular weight excluding hydrogens is 408 g/mol. The van der Waals surface area contributed by atoms with Crippen LogP contribution < -0.4 is 10.6 Å². The van der Waals surface area contributed by atoms with Crippen molar-refractivity contribution in [3.05, 3.63) is 30.4 Å². The van der Waals surface area contributed by atoms with E-state index in [4.69, 9.17) is 0 Å². The molecule has 2 aromatic heterocycles. The van der Waals surface area contributed by atoms with Crippen molar-refractivity contribution in [1.29, 1.82) is 5.26 Å². The Hall–Kier alpha value is -3.68. The van der Waals surface area contributed by atoms with Crippen molar-refractivity contribution in [2.75, 3.05) is 24.7 Å². The summed E-state index contributed by atoms with van der Waals surface area (Å²) in [6.45, 7) is 0. The molecule has 162 valence electrons. The van der Waals surface area contributed by atoms with Gasteiger partial charge in [0.2, 0.25) is 18.2 Å². The fourth-order valence-corrected chi connectivity index (χ4v) is 2.82. The zero-order chi connectivity index (χ0) is 22.5. The summed E-state index contributed by atoms with van der Waals surface area (Å²) in [5, 5.41) is 14.7. The smallest absolute Gasteiger partial charge is 0.244 e. The van der Waals surface area contributed by atoms with Crippen LogP contribution in [-0.2, 0) is 9.59 Å². The van der Waals surface area contributed by atoms with Crippen LogP contribution in [0.2, 0.25) is 0 Å². The highest BCUT2D eigenvalue weighted by Crippen LogP contribution is 2.30. The normalized spacial score (nSPS) is 13.9. The standard InChI is InChI=1S/C20H21F2N7O2/c1-29(2)20(31)14(6-17(21)22)27-13-5-12(8-24-15(13)7-23)16-9-26-18(10-25-16)28-19(30)11-3-4-11/h5,8-11,14,17,27H,3-4,6H2,1-2H3,(H,26,28,30)/t14-/m1/s1. The van der Waals surface area contributed by atoms with Crippen LogP contribution in [0.15, 0.2) is 24.7 Å². The van der Waals surface area contributed by atoms with Gasteiger partial charge in [0, 0.05) is 38.2 Å². The number of nitrogens with one attached hydrogen (secondary N) is 2. The minimum Gasteiger partial charge on any atom is -0.371 e. The van der Waals surface area contributed by atoms with Gasteiger partial charge >= 0.3 is 0 Å². The largest absolute Gasteiger partial charge is 0.371 e. The highest BCUT2D eigenvalue weighted by molar-refractivity contribution is 5.93. The number of aromatic nitrogens is 3. The summed E-state index contributed by atoms with van der Waals surface area (Å²) < 4.78 is 26.0. The summed E-state index contributed by atoms with van der Waals surface area (Å²) >= 11 is 0. The lowest BCUT2D eigenvalue weighted by Crippen LogP contribution is -2.40. The van der Waals surface area contributed by atoms with Gasteiger partial charge in [0.15, 0.2) is 11.5 Å². The van der Waals surface area contributed by atoms with E-state index in [1.165, 1.54) is 43.7 Å². The molecule has 1 aliphatic rings. The highest BCUT2D eigenvalue weighted by Gasteiger charge is 2.30. The third-order valence-corrected chi connectivity index (χ3v) is 4.62. The summed E-state index contributed by atoms with van der Waals surface area (Å²) in [6.07, 6.45) is 2.52. The second-order valence-electron chi connectivity index (χ2n) is 7.34. The summed E-state index contributed by atoms with van der Waals surface area (Å²) in [4.78, 5) is 37.7. The molecule has 2 aromatic rings. The Balaban J connectivity index is 1.83. The molecule has 0 aromatic carbocycles. The number of alkyl halides is 2. The van der Waals surface area contributed by atoms with Crippen LogP contribution in [0.25, 0.3) is 11.3 Å². The Kier molecular flexibility index (Phi) is 6.69. The van der Waals surface area contributed by atoms with Crippen LogP contribution in [-0.4, -0.2) is 58.2 Å². The van der Waals surface area contributed by atoms with E-state index in [-0.39, 0.29) is 23.2 Å². The number of nitriles is 1. The Morgan fingerprint density at radius 3 is 2.52 bits per heavy atom. The van der Waals surface area contributed by atoms with Crippen molar-refractivity contribution >= 4 is 23.3 Å². The monoisotopic (exact) mass is 429 g/mol. The lowest BCUT2D eigenvalue weighted by molar-refractivity contribution is -0.130. The average Bonchev–Trinajstić information content (AvgIpc) is 3.58. The van der Waals surface area contributed by atoms with Crippen molar-refractivity contribution in [3.63, 3.8) is 0 Å². The first kappa shape index (κ1) is 22.0. The molecule has 1 fully saturated rings. The third kappa shape index (κ3) is 5.69. The minimum atomic E-state index is -2.72. The van der Waals surface area contributed by atoms with Crippen LogP contribution >= 0.6 is 0 Å². The molecule has 9 nitrogen and oxygen atoms in total. The van der Waals surface area contributed by atoms with Crippen molar-refractivity contribution in [1.82, 2.24) is 19.9 Å². The Morgan fingerprint density at radius 1 is 1.23 bits per heavy atom. The third-order valence-electron chi connectivity index (χ3n) is 4.62. The second kappa shape index (κ2) is 9.42. The Labute approximate surface area is 177 Å². The maximum Gasteiger partial charge on any atom is 0.244 e. The molecule has 1 aliphatic carbocycles. The van der Waals surface area contributed by atoms with Gasteiger partial charge in [-0.25, -0.2) is 18.7 Å². The second-order valence-corrected chi connectivity index (χ2v) is 7.34. The van der Waals surface area contributed by atoms with Crippen LogP contribution in [0.1, 0.15) is 25.0 Å². The van der Waals surface area contributed by atoms with Crippen molar-refractivity contribution < 1.29 is 18.4 Å². The molecule has 11 heteroatoms.